The highest BCUT2D eigenvalue weighted by atomic mass is 32.1. The molecule has 0 saturated heterocycles. The van der Waals surface area contributed by atoms with Gasteiger partial charge in [0.1, 0.15) is 11.5 Å². The van der Waals surface area contributed by atoms with Crippen LogP contribution in [0.25, 0.3) is 11.5 Å². The molecule has 1 saturated carbocycles. The molecule has 0 amide bonds. The molecule has 5 nitrogen and oxygen atoms in total. The largest absolute Gasteiger partial charge is 0.338 e. The summed E-state index contributed by atoms with van der Waals surface area (Å²) in [6.45, 7) is 0. The van der Waals surface area contributed by atoms with Crippen molar-refractivity contribution in [2.24, 2.45) is 0 Å². The number of aromatic nitrogens is 3. The fourth-order valence-electron chi connectivity index (χ4n) is 1.88. The normalized spacial score (nSPS) is 20.5. The van der Waals surface area contributed by atoms with E-state index in [1.807, 2.05) is 5.38 Å². The van der Waals surface area contributed by atoms with Crippen molar-refractivity contribution in [3.8, 4) is 11.5 Å². The Bertz CT molecular complexity index is 506. The predicted molar refractivity (Wildman–Crippen MR) is 57.0 cm³/mol. The van der Waals surface area contributed by atoms with E-state index in [2.05, 4.69) is 15.1 Å². The SMILES string of the molecule is O=C1CCCC1c1nc(-c2cscn2)no1. The highest BCUT2D eigenvalue weighted by Crippen LogP contribution is 2.31. The number of rotatable bonds is 2. The quantitative estimate of drug-likeness (QED) is 0.796. The van der Waals surface area contributed by atoms with Crippen LogP contribution in [0.15, 0.2) is 15.4 Å². The lowest BCUT2D eigenvalue weighted by molar-refractivity contribution is -0.119. The van der Waals surface area contributed by atoms with Gasteiger partial charge in [-0.05, 0) is 12.8 Å². The fraction of sp³-hybridized carbons (Fsp3) is 0.400. The Balaban J connectivity index is 1.91. The van der Waals surface area contributed by atoms with Crippen LogP contribution in [0.4, 0.5) is 0 Å². The molecule has 16 heavy (non-hydrogen) atoms. The molecule has 1 aliphatic rings. The molecule has 0 N–H and O–H groups in total. The van der Waals surface area contributed by atoms with E-state index in [4.69, 9.17) is 4.52 Å². The standard InChI is InChI=1S/C10H9N3O2S/c14-8-3-1-2-6(8)10-12-9(13-15-10)7-4-16-5-11-7/h4-6H,1-3H2. The van der Waals surface area contributed by atoms with Crippen molar-refractivity contribution >= 4 is 17.1 Å². The third-order valence-electron chi connectivity index (χ3n) is 2.71. The van der Waals surface area contributed by atoms with Crippen molar-refractivity contribution in [2.75, 3.05) is 0 Å². The van der Waals surface area contributed by atoms with Gasteiger partial charge in [0.2, 0.25) is 11.7 Å². The second-order valence-electron chi connectivity index (χ2n) is 3.74. The van der Waals surface area contributed by atoms with E-state index < -0.39 is 0 Å². The van der Waals surface area contributed by atoms with Crippen LogP contribution in [0.3, 0.4) is 0 Å². The van der Waals surface area contributed by atoms with Crippen molar-refractivity contribution in [2.45, 2.75) is 25.2 Å². The number of nitrogens with zero attached hydrogens (tertiary/aromatic N) is 3. The van der Waals surface area contributed by atoms with E-state index in [-0.39, 0.29) is 11.7 Å². The number of thiazole rings is 1. The Morgan fingerprint density at radius 2 is 2.44 bits per heavy atom. The van der Waals surface area contributed by atoms with Gasteiger partial charge in [0.25, 0.3) is 0 Å². The first-order valence-corrected chi connectivity index (χ1v) is 6.04. The summed E-state index contributed by atoms with van der Waals surface area (Å²) in [6.07, 6.45) is 2.36. The van der Waals surface area contributed by atoms with Gasteiger partial charge >= 0.3 is 0 Å². The number of carbonyl (C=O) groups is 1. The molecule has 0 radical (unpaired) electrons. The molecule has 1 fully saturated rings. The van der Waals surface area contributed by atoms with Gasteiger partial charge in [-0.15, -0.1) is 11.3 Å². The number of hydrogen-bond donors (Lipinski definition) is 0. The molecule has 0 spiro atoms. The van der Waals surface area contributed by atoms with Crippen molar-refractivity contribution in [1.29, 1.82) is 0 Å². The molecule has 0 bridgehead atoms. The Labute approximate surface area is 95.5 Å². The van der Waals surface area contributed by atoms with Crippen LogP contribution in [0, 0.1) is 0 Å². The number of hydrogen-bond acceptors (Lipinski definition) is 6. The van der Waals surface area contributed by atoms with Gasteiger partial charge in [0.15, 0.2) is 0 Å². The second-order valence-corrected chi connectivity index (χ2v) is 4.46. The minimum Gasteiger partial charge on any atom is -0.338 e. The number of carbonyl (C=O) groups excluding carboxylic acids is 1. The summed E-state index contributed by atoms with van der Waals surface area (Å²) in [7, 11) is 0. The van der Waals surface area contributed by atoms with E-state index in [0.717, 1.165) is 12.8 Å². The Hall–Kier alpha value is -1.56. The topological polar surface area (TPSA) is 68.9 Å². The summed E-state index contributed by atoms with van der Waals surface area (Å²) < 4.78 is 5.13. The fourth-order valence-corrected chi connectivity index (χ4v) is 2.41. The zero-order valence-corrected chi connectivity index (χ0v) is 9.24. The summed E-state index contributed by atoms with van der Waals surface area (Å²) in [4.78, 5) is 19.9. The second kappa shape index (κ2) is 3.79. The first-order chi connectivity index (χ1) is 7.84. The molecule has 0 aliphatic heterocycles. The molecular weight excluding hydrogens is 226 g/mol. The Kier molecular flexibility index (Phi) is 2.28. The highest BCUT2D eigenvalue weighted by Gasteiger charge is 2.31. The zero-order chi connectivity index (χ0) is 11.0. The lowest BCUT2D eigenvalue weighted by atomic mass is 10.1. The molecule has 3 rings (SSSR count). The minimum atomic E-state index is -0.195. The minimum absolute atomic E-state index is 0.195. The van der Waals surface area contributed by atoms with Gasteiger partial charge in [-0.25, -0.2) is 4.98 Å². The third-order valence-corrected chi connectivity index (χ3v) is 3.29. The maximum absolute atomic E-state index is 11.5. The van der Waals surface area contributed by atoms with Crippen molar-refractivity contribution in [3.05, 3.63) is 16.8 Å². The van der Waals surface area contributed by atoms with Crippen LogP contribution < -0.4 is 0 Å². The molecular formula is C10H9N3O2S. The molecule has 2 aromatic rings. The number of Topliss-reactive ketones (excluding diaryl/α,β-unsaturated/α-hetero) is 1. The number of ketones is 1. The highest BCUT2D eigenvalue weighted by molar-refractivity contribution is 7.07. The Morgan fingerprint density at radius 1 is 1.50 bits per heavy atom. The zero-order valence-electron chi connectivity index (χ0n) is 8.42. The molecule has 1 aliphatic carbocycles. The Morgan fingerprint density at radius 3 is 3.12 bits per heavy atom. The van der Waals surface area contributed by atoms with Crippen LogP contribution in [0.2, 0.25) is 0 Å². The van der Waals surface area contributed by atoms with Crippen LogP contribution in [0.5, 0.6) is 0 Å². The first-order valence-electron chi connectivity index (χ1n) is 5.09. The monoisotopic (exact) mass is 235 g/mol. The van der Waals surface area contributed by atoms with Crippen molar-refractivity contribution < 1.29 is 9.32 Å². The summed E-state index contributed by atoms with van der Waals surface area (Å²) in [5.41, 5.74) is 2.41. The van der Waals surface area contributed by atoms with Crippen molar-refractivity contribution in [1.82, 2.24) is 15.1 Å². The average Bonchev–Trinajstić information content (AvgIpc) is 2.96. The maximum Gasteiger partial charge on any atom is 0.237 e. The van der Waals surface area contributed by atoms with Gasteiger partial charge in [-0.3, -0.25) is 4.79 Å². The van der Waals surface area contributed by atoms with Gasteiger partial charge in [-0.2, -0.15) is 4.98 Å². The maximum atomic E-state index is 11.5. The van der Waals surface area contributed by atoms with Crippen LogP contribution in [0.1, 0.15) is 31.1 Å². The van der Waals surface area contributed by atoms with E-state index in [1.165, 1.54) is 11.3 Å². The van der Waals surface area contributed by atoms with E-state index in [0.29, 0.717) is 23.8 Å². The summed E-state index contributed by atoms with van der Waals surface area (Å²) in [6, 6.07) is 0. The van der Waals surface area contributed by atoms with Gasteiger partial charge < -0.3 is 4.52 Å². The molecule has 0 aromatic carbocycles. The average molecular weight is 235 g/mol. The summed E-state index contributed by atoms with van der Waals surface area (Å²) in [5, 5.41) is 5.70. The smallest absolute Gasteiger partial charge is 0.237 e. The molecule has 2 heterocycles. The van der Waals surface area contributed by atoms with Gasteiger partial charge in [0, 0.05) is 11.8 Å². The van der Waals surface area contributed by atoms with Crippen LogP contribution in [-0.2, 0) is 4.79 Å². The molecule has 2 aromatic heterocycles. The van der Waals surface area contributed by atoms with E-state index in [1.54, 1.807) is 5.51 Å². The third kappa shape index (κ3) is 1.55. The van der Waals surface area contributed by atoms with Crippen LogP contribution in [-0.4, -0.2) is 20.9 Å². The summed E-state index contributed by atoms with van der Waals surface area (Å²) in [5.74, 6) is 0.912. The van der Waals surface area contributed by atoms with Gasteiger partial charge in [-0.1, -0.05) is 5.16 Å². The predicted octanol–water partition coefficient (Wildman–Crippen LogP) is 2.03. The lowest BCUT2D eigenvalue weighted by Crippen LogP contribution is -2.04. The molecule has 82 valence electrons. The van der Waals surface area contributed by atoms with Crippen molar-refractivity contribution in [3.63, 3.8) is 0 Å². The lowest BCUT2D eigenvalue weighted by Gasteiger charge is -1.98. The van der Waals surface area contributed by atoms with E-state index >= 15 is 0 Å². The molecule has 1 atom stereocenters. The molecule has 1 unspecified atom stereocenters. The first kappa shape index (κ1) is 9.65. The van der Waals surface area contributed by atoms with E-state index in [9.17, 15) is 4.79 Å². The van der Waals surface area contributed by atoms with Gasteiger partial charge in [0.05, 0.1) is 11.4 Å². The summed E-state index contributed by atoms with van der Waals surface area (Å²) >= 11 is 1.48. The van der Waals surface area contributed by atoms with Crippen LogP contribution >= 0.6 is 11.3 Å². The molecule has 6 heteroatoms.